The van der Waals surface area contributed by atoms with Crippen molar-refractivity contribution < 1.29 is 9.72 Å². The van der Waals surface area contributed by atoms with E-state index in [0.29, 0.717) is 23.9 Å². The van der Waals surface area contributed by atoms with Crippen LogP contribution in [0.25, 0.3) is 6.08 Å². The van der Waals surface area contributed by atoms with E-state index in [0.717, 1.165) is 30.5 Å². The number of amides is 1. The fourth-order valence-electron chi connectivity index (χ4n) is 6.22. The van der Waals surface area contributed by atoms with Crippen molar-refractivity contribution in [3.63, 3.8) is 0 Å². The number of hydrogen-bond acceptors (Lipinski definition) is 4. The molecule has 0 aromatic heterocycles. The molecule has 4 unspecified atom stereocenters. The Labute approximate surface area is 165 Å². The molecule has 0 radical (unpaired) electrons. The van der Waals surface area contributed by atoms with Crippen molar-refractivity contribution >= 4 is 17.7 Å². The van der Waals surface area contributed by atoms with Crippen molar-refractivity contribution in [2.24, 2.45) is 11.8 Å². The number of carbonyl (C=O) groups is 1. The van der Waals surface area contributed by atoms with Gasteiger partial charge in [0.25, 0.3) is 5.69 Å². The number of piperidine rings is 4. The Hall–Kier alpha value is -2.21. The third-order valence-electron chi connectivity index (χ3n) is 7.36. The summed E-state index contributed by atoms with van der Waals surface area (Å²) < 4.78 is 0. The molecule has 4 saturated heterocycles. The highest BCUT2D eigenvalue weighted by Crippen LogP contribution is 2.45. The van der Waals surface area contributed by atoms with Crippen molar-refractivity contribution in [1.82, 2.24) is 9.80 Å². The van der Waals surface area contributed by atoms with E-state index in [2.05, 4.69) is 9.80 Å². The zero-order chi connectivity index (χ0) is 19.3. The van der Waals surface area contributed by atoms with E-state index in [1.807, 2.05) is 6.08 Å². The van der Waals surface area contributed by atoms with Gasteiger partial charge in [0.2, 0.25) is 5.91 Å². The SMILES string of the molecule is O=C1/C(=C/c2ccc([N+](=O)[O-])cc2)CCC2C3CCCN4CCCC(CN12)C34. The number of non-ortho nitro benzene ring substituents is 1. The molecule has 1 aromatic carbocycles. The van der Waals surface area contributed by atoms with Crippen LogP contribution in [0.3, 0.4) is 0 Å². The lowest BCUT2D eigenvalue weighted by Crippen LogP contribution is -2.66. The van der Waals surface area contributed by atoms with E-state index in [1.165, 1.54) is 50.9 Å². The zero-order valence-corrected chi connectivity index (χ0v) is 16.1. The normalized spacial score (nSPS) is 34.1. The lowest BCUT2D eigenvalue weighted by Gasteiger charge is -2.58. The number of hydrogen-bond donors (Lipinski definition) is 0. The van der Waals surface area contributed by atoms with Gasteiger partial charge in [-0.3, -0.25) is 19.8 Å². The van der Waals surface area contributed by atoms with Gasteiger partial charge in [0.05, 0.1) is 4.92 Å². The van der Waals surface area contributed by atoms with Crippen LogP contribution in [-0.4, -0.2) is 52.3 Å². The molecular weight excluding hydrogens is 354 g/mol. The molecule has 4 aliphatic heterocycles. The molecule has 1 aromatic rings. The molecule has 4 heterocycles. The third-order valence-corrected chi connectivity index (χ3v) is 7.36. The zero-order valence-electron chi connectivity index (χ0n) is 16.1. The first-order valence-corrected chi connectivity index (χ1v) is 10.6. The maximum absolute atomic E-state index is 13.3. The molecule has 0 spiro atoms. The number of nitro groups is 1. The van der Waals surface area contributed by atoms with Crippen LogP contribution in [-0.2, 0) is 4.79 Å². The van der Waals surface area contributed by atoms with Gasteiger partial charge in [0.15, 0.2) is 0 Å². The number of fused-ring (bicyclic) bond motifs is 2. The average Bonchev–Trinajstić information content (AvgIpc) is 2.71. The molecule has 6 heteroatoms. The van der Waals surface area contributed by atoms with Crippen LogP contribution in [0.2, 0.25) is 0 Å². The van der Waals surface area contributed by atoms with Gasteiger partial charge < -0.3 is 4.90 Å². The Morgan fingerprint density at radius 3 is 2.57 bits per heavy atom. The topological polar surface area (TPSA) is 66.7 Å². The van der Waals surface area contributed by atoms with Crippen LogP contribution in [0.15, 0.2) is 29.8 Å². The second kappa shape index (κ2) is 6.99. The lowest BCUT2D eigenvalue weighted by atomic mass is 9.67. The fraction of sp³-hybridized carbons (Fsp3) is 0.591. The van der Waals surface area contributed by atoms with Crippen LogP contribution < -0.4 is 0 Å². The van der Waals surface area contributed by atoms with Crippen molar-refractivity contribution in [1.29, 1.82) is 0 Å². The first kappa shape index (κ1) is 17.9. The summed E-state index contributed by atoms with van der Waals surface area (Å²) in [6, 6.07) is 7.56. The minimum Gasteiger partial charge on any atom is -0.335 e. The first-order valence-electron chi connectivity index (χ1n) is 10.6. The highest BCUT2D eigenvalue weighted by molar-refractivity contribution is 5.99. The van der Waals surface area contributed by atoms with Gasteiger partial charge in [0.1, 0.15) is 0 Å². The van der Waals surface area contributed by atoms with Crippen LogP contribution in [0, 0.1) is 22.0 Å². The Morgan fingerprint density at radius 1 is 1.07 bits per heavy atom. The molecule has 5 rings (SSSR count). The molecule has 0 bridgehead atoms. The van der Waals surface area contributed by atoms with Crippen LogP contribution in [0.5, 0.6) is 0 Å². The predicted molar refractivity (Wildman–Crippen MR) is 107 cm³/mol. The van der Waals surface area contributed by atoms with Crippen LogP contribution in [0.1, 0.15) is 44.1 Å². The molecule has 0 saturated carbocycles. The van der Waals surface area contributed by atoms with Gasteiger partial charge in [0, 0.05) is 36.3 Å². The molecule has 1 amide bonds. The molecular formula is C22H27N3O3. The monoisotopic (exact) mass is 381 g/mol. The van der Waals surface area contributed by atoms with E-state index in [1.54, 1.807) is 12.1 Å². The largest absolute Gasteiger partial charge is 0.335 e. The third kappa shape index (κ3) is 2.94. The smallest absolute Gasteiger partial charge is 0.269 e. The molecule has 4 atom stereocenters. The first-order chi connectivity index (χ1) is 13.6. The van der Waals surface area contributed by atoms with Crippen molar-refractivity contribution in [3.05, 3.63) is 45.5 Å². The van der Waals surface area contributed by atoms with Crippen molar-refractivity contribution in [3.8, 4) is 0 Å². The standard InChI is InChI=1S/C22H27N3O3/c26-22-16(13-15-5-8-18(9-6-15)25(27)28)7-10-20-19-4-2-12-23-11-1-3-17(21(19)23)14-24(20)22/h5-6,8-9,13,17,19-21H,1-4,7,10-12,14H2/b16-13+. The minimum absolute atomic E-state index is 0.0819. The van der Waals surface area contributed by atoms with E-state index >= 15 is 0 Å². The summed E-state index contributed by atoms with van der Waals surface area (Å²) in [5.74, 6) is 1.45. The van der Waals surface area contributed by atoms with Crippen molar-refractivity contribution in [2.75, 3.05) is 19.6 Å². The van der Waals surface area contributed by atoms with Gasteiger partial charge in [-0.1, -0.05) is 0 Å². The summed E-state index contributed by atoms with van der Waals surface area (Å²) in [6.07, 6.45) is 8.81. The summed E-state index contributed by atoms with van der Waals surface area (Å²) in [5.41, 5.74) is 1.80. The van der Waals surface area contributed by atoms with Gasteiger partial charge in [-0.15, -0.1) is 0 Å². The van der Waals surface area contributed by atoms with E-state index < -0.39 is 4.92 Å². The summed E-state index contributed by atoms with van der Waals surface area (Å²) in [5, 5.41) is 10.8. The van der Waals surface area contributed by atoms with Gasteiger partial charge in [-0.05, 0) is 87.2 Å². The molecule has 0 aliphatic carbocycles. The Bertz CT molecular complexity index is 817. The van der Waals surface area contributed by atoms with Crippen LogP contribution >= 0.6 is 0 Å². The van der Waals surface area contributed by atoms with Gasteiger partial charge >= 0.3 is 0 Å². The average molecular weight is 381 g/mol. The fourth-order valence-corrected chi connectivity index (χ4v) is 6.22. The molecule has 4 aliphatic rings. The summed E-state index contributed by atoms with van der Waals surface area (Å²) >= 11 is 0. The Kier molecular flexibility index (Phi) is 4.46. The van der Waals surface area contributed by atoms with E-state index in [9.17, 15) is 14.9 Å². The number of benzene rings is 1. The molecule has 148 valence electrons. The van der Waals surface area contributed by atoms with E-state index in [4.69, 9.17) is 0 Å². The van der Waals surface area contributed by atoms with Crippen molar-refractivity contribution in [2.45, 2.75) is 50.6 Å². The molecule has 0 N–H and O–H groups in total. The Balaban J connectivity index is 1.38. The van der Waals surface area contributed by atoms with E-state index in [-0.39, 0.29) is 11.6 Å². The number of rotatable bonds is 2. The summed E-state index contributed by atoms with van der Waals surface area (Å²) in [7, 11) is 0. The maximum Gasteiger partial charge on any atom is 0.269 e. The second-order valence-corrected chi connectivity index (χ2v) is 8.82. The van der Waals surface area contributed by atoms with Gasteiger partial charge in [-0.25, -0.2) is 0 Å². The number of nitrogens with zero attached hydrogens (tertiary/aromatic N) is 3. The van der Waals surface area contributed by atoms with Crippen LogP contribution in [0.4, 0.5) is 5.69 Å². The quantitative estimate of drug-likeness (QED) is 0.447. The molecule has 6 nitrogen and oxygen atoms in total. The number of nitro benzene ring substituents is 1. The summed E-state index contributed by atoms with van der Waals surface area (Å²) in [4.78, 5) is 28.7. The lowest BCUT2D eigenvalue weighted by molar-refractivity contribution is -0.384. The highest BCUT2D eigenvalue weighted by atomic mass is 16.6. The maximum atomic E-state index is 13.3. The Morgan fingerprint density at radius 2 is 1.82 bits per heavy atom. The minimum atomic E-state index is -0.394. The number of carbonyl (C=O) groups excluding carboxylic acids is 1. The summed E-state index contributed by atoms with van der Waals surface area (Å²) in [6.45, 7) is 3.38. The molecule has 28 heavy (non-hydrogen) atoms. The second-order valence-electron chi connectivity index (χ2n) is 8.82. The predicted octanol–water partition coefficient (Wildman–Crippen LogP) is 3.47. The molecule has 4 fully saturated rings. The highest BCUT2D eigenvalue weighted by Gasteiger charge is 2.51. The van der Waals surface area contributed by atoms with Gasteiger partial charge in [-0.2, -0.15) is 0 Å².